The van der Waals surface area contributed by atoms with Crippen molar-refractivity contribution in [2.24, 2.45) is 11.8 Å². The number of rotatable bonds is 3. The van der Waals surface area contributed by atoms with E-state index < -0.39 is 0 Å². The Kier molecular flexibility index (Phi) is 3.28. The first-order valence-corrected chi connectivity index (χ1v) is 5.89. The van der Waals surface area contributed by atoms with Gasteiger partial charge in [0, 0.05) is 5.92 Å². The summed E-state index contributed by atoms with van der Waals surface area (Å²) in [6.45, 7) is 2.22. The molecule has 86 valence electrons. The molecule has 0 spiro atoms. The van der Waals surface area contributed by atoms with E-state index >= 15 is 0 Å². The van der Waals surface area contributed by atoms with E-state index in [1.54, 1.807) is 7.11 Å². The smallest absolute Gasteiger partial charge is 0.169 e. The zero-order valence-electron chi connectivity index (χ0n) is 9.90. The second kappa shape index (κ2) is 4.69. The maximum Gasteiger partial charge on any atom is 0.169 e. The van der Waals surface area contributed by atoms with Gasteiger partial charge in [0.2, 0.25) is 0 Å². The lowest BCUT2D eigenvalue weighted by atomic mass is 9.95. The lowest BCUT2D eigenvalue weighted by molar-refractivity contribution is 0.0917. The van der Waals surface area contributed by atoms with Gasteiger partial charge in [-0.25, -0.2) is 0 Å². The SMILES string of the molecule is COc1ccccc1C(=O)C1CCC(C)C1. The van der Waals surface area contributed by atoms with Crippen LogP contribution in [0.3, 0.4) is 0 Å². The van der Waals surface area contributed by atoms with Crippen molar-refractivity contribution < 1.29 is 9.53 Å². The number of benzene rings is 1. The van der Waals surface area contributed by atoms with Crippen LogP contribution in [0.15, 0.2) is 24.3 Å². The van der Waals surface area contributed by atoms with Gasteiger partial charge in [-0.1, -0.05) is 19.1 Å². The summed E-state index contributed by atoms with van der Waals surface area (Å²) in [5.74, 6) is 1.84. The molecule has 0 amide bonds. The number of hydrogen-bond donors (Lipinski definition) is 0. The normalized spacial score (nSPS) is 24.4. The van der Waals surface area contributed by atoms with E-state index in [1.807, 2.05) is 24.3 Å². The third-order valence-electron chi connectivity index (χ3n) is 3.44. The Labute approximate surface area is 96.6 Å². The molecule has 16 heavy (non-hydrogen) atoms. The summed E-state index contributed by atoms with van der Waals surface area (Å²) in [7, 11) is 1.61. The van der Waals surface area contributed by atoms with Crippen LogP contribution >= 0.6 is 0 Å². The topological polar surface area (TPSA) is 26.3 Å². The highest BCUT2D eigenvalue weighted by molar-refractivity contribution is 6.00. The van der Waals surface area contributed by atoms with Crippen LogP contribution in [-0.4, -0.2) is 12.9 Å². The zero-order chi connectivity index (χ0) is 11.5. The van der Waals surface area contributed by atoms with Crippen LogP contribution in [0.5, 0.6) is 5.75 Å². The third kappa shape index (κ3) is 2.11. The molecule has 0 radical (unpaired) electrons. The molecule has 2 rings (SSSR count). The molecule has 1 aliphatic carbocycles. The van der Waals surface area contributed by atoms with Crippen molar-refractivity contribution in [2.75, 3.05) is 7.11 Å². The average Bonchev–Trinajstić information content (AvgIpc) is 2.75. The largest absolute Gasteiger partial charge is 0.496 e. The number of hydrogen-bond acceptors (Lipinski definition) is 2. The van der Waals surface area contributed by atoms with Crippen molar-refractivity contribution in [1.29, 1.82) is 0 Å². The standard InChI is InChI=1S/C14H18O2/c1-10-7-8-11(9-10)14(15)12-5-3-4-6-13(12)16-2/h3-6,10-11H,7-9H2,1-2H3. The molecule has 0 heterocycles. The molecule has 2 unspecified atom stereocenters. The Morgan fingerprint density at radius 1 is 1.31 bits per heavy atom. The summed E-state index contributed by atoms with van der Waals surface area (Å²) in [6, 6.07) is 7.51. The van der Waals surface area contributed by atoms with Crippen LogP contribution in [0.2, 0.25) is 0 Å². The van der Waals surface area contributed by atoms with Gasteiger partial charge in [-0.3, -0.25) is 4.79 Å². The first-order chi connectivity index (χ1) is 7.72. The summed E-state index contributed by atoms with van der Waals surface area (Å²) in [5.41, 5.74) is 0.740. The van der Waals surface area contributed by atoms with Crippen molar-refractivity contribution in [3.05, 3.63) is 29.8 Å². The molecule has 1 saturated carbocycles. The van der Waals surface area contributed by atoms with E-state index in [-0.39, 0.29) is 11.7 Å². The van der Waals surface area contributed by atoms with E-state index in [2.05, 4.69) is 6.92 Å². The average molecular weight is 218 g/mol. The van der Waals surface area contributed by atoms with E-state index in [0.717, 1.165) is 18.4 Å². The second-order valence-electron chi connectivity index (χ2n) is 4.68. The number of carbonyl (C=O) groups excluding carboxylic acids is 1. The van der Waals surface area contributed by atoms with Crippen LogP contribution in [0, 0.1) is 11.8 Å². The molecular weight excluding hydrogens is 200 g/mol. The Morgan fingerprint density at radius 2 is 2.06 bits per heavy atom. The molecule has 1 aromatic carbocycles. The van der Waals surface area contributed by atoms with Crippen molar-refractivity contribution in [2.45, 2.75) is 26.2 Å². The van der Waals surface area contributed by atoms with Gasteiger partial charge in [0.25, 0.3) is 0 Å². The molecule has 1 fully saturated rings. The summed E-state index contributed by atoms with van der Waals surface area (Å²) in [4.78, 5) is 12.3. The van der Waals surface area contributed by atoms with E-state index in [1.165, 1.54) is 6.42 Å². The predicted octanol–water partition coefficient (Wildman–Crippen LogP) is 3.31. The van der Waals surface area contributed by atoms with Crippen LogP contribution in [0.1, 0.15) is 36.5 Å². The summed E-state index contributed by atoms with van der Waals surface area (Å²) in [6.07, 6.45) is 3.22. The maximum absolute atomic E-state index is 12.3. The molecule has 2 heteroatoms. The minimum Gasteiger partial charge on any atom is -0.496 e. The number of ketones is 1. The first-order valence-electron chi connectivity index (χ1n) is 5.89. The Bertz CT molecular complexity index is 384. The minimum absolute atomic E-state index is 0.200. The molecule has 0 N–H and O–H groups in total. The van der Waals surface area contributed by atoms with Crippen molar-refractivity contribution >= 4 is 5.78 Å². The quantitative estimate of drug-likeness (QED) is 0.727. The molecule has 0 saturated heterocycles. The first kappa shape index (κ1) is 11.2. The van der Waals surface area contributed by atoms with E-state index in [4.69, 9.17) is 4.74 Å². The predicted molar refractivity (Wildman–Crippen MR) is 63.8 cm³/mol. The highest BCUT2D eigenvalue weighted by Gasteiger charge is 2.29. The number of ether oxygens (including phenoxy) is 1. The minimum atomic E-state index is 0.200. The lowest BCUT2D eigenvalue weighted by Gasteiger charge is -2.11. The third-order valence-corrected chi connectivity index (χ3v) is 3.44. The number of para-hydroxylation sites is 1. The maximum atomic E-state index is 12.3. The van der Waals surface area contributed by atoms with Crippen molar-refractivity contribution in [3.8, 4) is 5.75 Å². The fourth-order valence-electron chi connectivity index (χ4n) is 2.51. The summed E-state index contributed by atoms with van der Waals surface area (Å²) < 4.78 is 5.23. The molecule has 0 aliphatic heterocycles. The molecule has 1 aliphatic rings. The van der Waals surface area contributed by atoms with Crippen molar-refractivity contribution in [3.63, 3.8) is 0 Å². The molecule has 2 nitrogen and oxygen atoms in total. The molecular formula is C14H18O2. The number of carbonyl (C=O) groups is 1. The summed E-state index contributed by atoms with van der Waals surface area (Å²) in [5, 5.41) is 0. The molecule has 0 bridgehead atoms. The zero-order valence-corrected chi connectivity index (χ0v) is 9.90. The van der Waals surface area contributed by atoms with Gasteiger partial charge in [-0.15, -0.1) is 0 Å². The number of methoxy groups -OCH3 is 1. The Balaban J connectivity index is 2.20. The van der Waals surface area contributed by atoms with Crippen LogP contribution in [-0.2, 0) is 0 Å². The van der Waals surface area contributed by atoms with Crippen LogP contribution in [0.4, 0.5) is 0 Å². The van der Waals surface area contributed by atoms with Gasteiger partial charge >= 0.3 is 0 Å². The monoisotopic (exact) mass is 218 g/mol. The van der Waals surface area contributed by atoms with Crippen LogP contribution in [0.25, 0.3) is 0 Å². The van der Waals surface area contributed by atoms with Crippen LogP contribution < -0.4 is 4.74 Å². The van der Waals surface area contributed by atoms with Gasteiger partial charge < -0.3 is 4.74 Å². The summed E-state index contributed by atoms with van der Waals surface area (Å²) >= 11 is 0. The molecule has 0 aromatic heterocycles. The fourth-order valence-corrected chi connectivity index (χ4v) is 2.51. The molecule has 2 atom stereocenters. The van der Waals surface area contributed by atoms with Gasteiger partial charge in [0.15, 0.2) is 5.78 Å². The second-order valence-corrected chi connectivity index (χ2v) is 4.68. The van der Waals surface area contributed by atoms with Gasteiger partial charge in [0.1, 0.15) is 5.75 Å². The van der Waals surface area contributed by atoms with Gasteiger partial charge in [0.05, 0.1) is 12.7 Å². The van der Waals surface area contributed by atoms with E-state index in [0.29, 0.717) is 11.7 Å². The highest BCUT2D eigenvalue weighted by atomic mass is 16.5. The van der Waals surface area contributed by atoms with Crippen molar-refractivity contribution in [1.82, 2.24) is 0 Å². The van der Waals surface area contributed by atoms with Gasteiger partial charge in [-0.05, 0) is 37.3 Å². The highest BCUT2D eigenvalue weighted by Crippen LogP contribution is 2.34. The van der Waals surface area contributed by atoms with Gasteiger partial charge in [-0.2, -0.15) is 0 Å². The fraction of sp³-hybridized carbons (Fsp3) is 0.500. The molecule has 1 aromatic rings. The Hall–Kier alpha value is -1.31. The number of Topliss-reactive ketones (excluding diaryl/α,β-unsaturated/α-hetero) is 1. The van der Waals surface area contributed by atoms with E-state index in [9.17, 15) is 4.79 Å². The lowest BCUT2D eigenvalue weighted by Crippen LogP contribution is -2.12. The Morgan fingerprint density at radius 3 is 2.69 bits per heavy atom.